The van der Waals surface area contributed by atoms with Crippen molar-refractivity contribution < 1.29 is 4.39 Å². The Kier molecular flexibility index (Phi) is 2.95. The van der Waals surface area contributed by atoms with Gasteiger partial charge in [-0.25, -0.2) is 9.37 Å². The number of aryl methyl sites for hydroxylation is 1. The number of anilines is 3. The van der Waals surface area contributed by atoms with Crippen molar-refractivity contribution in [2.45, 2.75) is 6.92 Å². The van der Waals surface area contributed by atoms with Gasteiger partial charge in [0.1, 0.15) is 11.6 Å². The van der Waals surface area contributed by atoms with Crippen molar-refractivity contribution in [2.24, 2.45) is 0 Å². The van der Waals surface area contributed by atoms with E-state index >= 15 is 0 Å². The second-order valence-electron chi connectivity index (χ2n) is 4.53. The summed E-state index contributed by atoms with van der Waals surface area (Å²) in [6.45, 7) is 1.90. The minimum absolute atomic E-state index is 0.181. The average molecular weight is 268 g/mol. The fraction of sp³-hybridized carbons (Fsp3) is 0.0667. The van der Waals surface area contributed by atoms with Crippen LogP contribution in [0.25, 0.3) is 10.9 Å². The second kappa shape index (κ2) is 4.77. The summed E-state index contributed by atoms with van der Waals surface area (Å²) >= 11 is 0. The third-order valence-corrected chi connectivity index (χ3v) is 3.07. The van der Waals surface area contributed by atoms with Crippen LogP contribution in [0.4, 0.5) is 21.8 Å². The maximum absolute atomic E-state index is 13.3. The molecule has 5 heteroatoms. The number of nitrogen functional groups attached to an aromatic ring is 1. The molecular formula is C15H13FN4. The van der Waals surface area contributed by atoms with Crippen LogP contribution in [0.15, 0.2) is 42.5 Å². The number of rotatable bonds is 2. The fourth-order valence-electron chi connectivity index (χ4n) is 2.05. The van der Waals surface area contributed by atoms with Crippen molar-refractivity contribution >= 4 is 28.4 Å². The number of hydrogen-bond donors (Lipinski definition) is 2. The van der Waals surface area contributed by atoms with Crippen LogP contribution < -0.4 is 11.1 Å². The van der Waals surface area contributed by atoms with Gasteiger partial charge >= 0.3 is 0 Å². The van der Waals surface area contributed by atoms with E-state index in [-0.39, 0.29) is 11.8 Å². The summed E-state index contributed by atoms with van der Waals surface area (Å²) in [6, 6.07) is 12.1. The summed E-state index contributed by atoms with van der Waals surface area (Å²) in [4.78, 5) is 8.37. The van der Waals surface area contributed by atoms with E-state index in [0.29, 0.717) is 11.5 Å². The van der Waals surface area contributed by atoms with E-state index in [1.165, 1.54) is 12.1 Å². The highest BCUT2D eigenvalue weighted by molar-refractivity contribution is 5.91. The monoisotopic (exact) mass is 268 g/mol. The van der Waals surface area contributed by atoms with Crippen LogP contribution in [0.2, 0.25) is 0 Å². The lowest BCUT2D eigenvalue weighted by molar-refractivity contribution is 0.628. The number of nitrogens with one attached hydrogen (secondary N) is 1. The molecule has 20 heavy (non-hydrogen) atoms. The lowest BCUT2D eigenvalue weighted by Gasteiger charge is -2.11. The molecule has 1 heterocycles. The third-order valence-electron chi connectivity index (χ3n) is 3.07. The Morgan fingerprint density at radius 1 is 1.10 bits per heavy atom. The van der Waals surface area contributed by atoms with Crippen molar-refractivity contribution in [2.75, 3.05) is 11.1 Å². The van der Waals surface area contributed by atoms with Gasteiger partial charge in [0.2, 0.25) is 5.95 Å². The predicted molar refractivity (Wildman–Crippen MR) is 78.4 cm³/mol. The van der Waals surface area contributed by atoms with Crippen molar-refractivity contribution in [3.8, 4) is 0 Å². The third kappa shape index (κ3) is 2.25. The van der Waals surface area contributed by atoms with Gasteiger partial charge in [-0.1, -0.05) is 18.2 Å². The SMILES string of the molecule is Cc1ccc(F)cc1Nc1nc(N)nc2ccccc12. The van der Waals surface area contributed by atoms with E-state index in [9.17, 15) is 4.39 Å². The summed E-state index contributed by atoms with van der Waals surface area (Å²) in [5.74, 6) is 0.450. The predicted octanol–water partition coefficient (Wildman–Crippen LogP) is 3.40. The molecule has 0 saturated heterocycles. The van der Waals surface area contributed by atoms with Crippen molar-refractivity contribution in [3.05, 3.63) is 53.8 Å². The molecule has 0 aliphatic heterocycles. The topological polar surface area (TPSA) is 63.8 Å². The number of para-hydroxylation sites is 1. The zero-order valence-corrected chi connectivity index (χ0v) is 10.9. The number of halogens is 1. The van der Waals surface area contributed by atoms with Crippen molar-refractivity contribution in [1.82, 2.24) is 9.97 Å². The smallest absolute Gasteiger partial charge is 0.222 e. The molecule has 0 spiro atoms. The quantitative estimate of drug-likeness (QED) is 0.747. The number of nitrogens with two attached hydrogens (primary N) is 1. The van der Waals surface area contributed by atoms with E-state index < -0.39 is 0 Å². The molecule has 0 atom stereocenters. The van der Waals surface area contributed by atoms with Gasteiger partial charge in [-0.3, -0.25) is 0 Å². The molecule has 1 aromatic heterocycles. The van der Waals surface area contributed by atoms with E-state index in [1.807, 2.05) is 31.2 Å². The van der Waals surface area contributed by atoms with Crippen LogP contribution >= 0.6 is 0 Å². The Hall–Kier alpha value is -2.69. The molecule has 0 amide bonds. The molecule has 0 bridgehead atoms. The van der Waals surface area contributed by atoms with Crippen LogP contribution in [0, 0.1) is 12.7 Å². The molecule has 3 aromatic rings. The number of nitrogens with zero attached hydrogens (tertiary/aromatic N) is 2. The number of aromatic nitrogens is 2. The molecule has 0 unspecified atom stereocenters. The van der Waals surface area contributed by atoms with E-state index in [2.05, 4.69) is 15.3 Å². The molecule has 3 N–H and O–H groups in total. The first-order valence-corrected chi connectivity index (χ1v) is 6.19. The Morgan fingerprint density at radius 2 is 1.90 bits per heavy atom. The highest BCUT2D eigenvalue weighted by Crippen LogP contribution is 2.26. The van der Waals surface area contributed by atoms with Gasteiger partial charge in [-0.2, -0.15) is 4.98 Å². The summed E-state index contributed by atoms with van der Waals surface area (Å²) in [5, 5.41) is 3.96. The fourth-order valence-corrected chi connectivity index (χ4v) is 2.05. The Balaban J connectivity index is 2.13. The Bertz CT molecular complexity index is 786. The molecule has 0 radical (unpaired) electrons. The van der Waals surface area contributed by atoms with E-state index in [4.69, 9.17) is 5.73 Å². The van der Waals surface area contributed by atoms with Gasteiger partial charge in [-0.15, -0.1) is 0 Å². The summed E-state index contributed by atoms with van der Waals surface area (Å²) in [6.07, 6.45) is 0. The number of benzene rings is 2. The lowest BCUT2D eigenvalue weighted by atomic mass is 10.2. The first kappa shape index (κ1) is 12.3. The first-order valence-electron chi connectivity index (χ1n) is 6.19. The van der Waals surface area contributed by atoms with Gasteiger partial charge in [0.15, 0.2) is 0 Å². The van der Waals surface area contributed by atoms with Crippen LogP contribution in [-0.2, 0) is 0 Å². The van der Waals surface area contributed by atoms with Crippen molar-refractivity contribution in [1.29, 1.82) is 0 Å². The maximum atomic E-state index is 13.3. The molecule has 2 aromatic carbocycles. The normalized spacial score (nSPS) is 10.7. The number of fused-ring (bicyclic) bond motifs is 1. The van der Waals surface area contributed by atoms with E-state index in [1.54, 1.807) is 6.07 Å². The number of hydrogen-bond acceptors (Lipinski definition) is 4. The molecule has 0 aliphatic rings. The van der Waals surface area contributed by atoms with Crippen LogP contribution in [-0.4, -0.2) is 9.97 Å². The first-order chi connectivity index (χ1) is 9.63. The summed E-state index contributed by atoms with van der Waals surface area (Å²) in [5.41, 5.74) is 8.04. The lowest BCUT2D eigenvalue weighted by Crippen LogP contribution is -2.02. The molecule has 0 aliphatic carbocycles. The second-order valence-corrected chi connectivity index (χ2v) is 4.53. The zero-order valence-electron chi connectivity index (χ0n) is 10.9. The molecule has 3 rings (SSSR count). The maximum Gasteiger partial charge on any atom is 0.222 e. The summed E-state index contributed by atoms with van der Waals surface area (Å²) in [7, 11) is 0. The molecular weight excluding hydrogens is 255 g/mol. The minimum atomic E-state index is -0.301. The highest BCUT2D eigenvalue weighted by Gasteiger charge is 2.08. The van der Waals surface area contributed by atoms with Crippen molar-refractivity contribution in [3.63, 3.8) is 0 Å². The summed E-state index contributed by atoms with van der Waals surface area (Å²) < 4.78 is 13.3. The van der Waals surface area contributed by atoms with E-state index in [0.717, 1.165) is 16.5 Å². The zero-order chi connectivity index (χ0) is 14.1. The standard InChI is InChI=1S/C15H13FN4/c1-9-6-7-10(16)8-13(9)18-14-11-4-2-3-5-12(11)19-15(17)20-14/h2-8H,1H3,(H3,17,18,19,20). The van der Waals surface area contributed by atoms with Gasteiger partial charge in [0, 0.05) is 11.1 Å². The van der Waals surface area contributed by atoms with Gasteiger partial charge < -0.3 is 11.1 Å². The molecule has 0 saturated carbocycles. The molecule has 0 fully saturated rings. The van der Waals surface area contributed by atoms with Crippen LogP contribution in [0.3, 0.4) is 0 Å². The van der Waals surface area contributed by atoms with Crippen LogP contribution in [0.5, 0.6) is 0 Å². The van der Waals surface area contributed by atoms with Gasteiger partial charge in [0.25, 0.3) is 0 Å². The Labute approximate surface area is 115 Å². The molecule has 100 valence electrons. The van der Waals surface area contributed by atoms with Gasteiger partial charge in [-0.05, 0) is 36.8 Å². The largest absolute Gasteiger partial charge is 0.368 e. The van der Waals surface area contributed by atoms with Crippen LogP contribution in [0.1, 0.15) is 5.56 Å². The highest BCUT2D eigenvalue weighted by atomic mass is 19.1. The Morgan fingerprint density at radius 3 is 2.75 bits per heavy atom. The molecule has 4 nitrogen and oxygen atoms in total. The van der Waals surface area contributed by atoms with Gasteiger partial charge in [0.05, 0.1) is 5.52 Å². The minimum Gasteiger partial charge on any atom is -0.368 e. The average Bonchev–Trinajstić information content (AvgIpc) is 2.43.